The Morgan fingerprint density at radius 3 is 2.46 bits per heavy atom. The van der Waals surface area contributed by atoms with Gasteiger partial charge in [0.25, 0.3) is 5.56 Å². The standard InChI is InChI=1S/C17H20F2N4O3/c18-12-7-11(8-13(19)16(12)24)9-14-17(25)23(15(22-14)10-21-26)6-4-2-1-3-5-20/h7-10,22,24H,1-6,20H2/b14-9-,15-10-. The van der Waals surface area contributed by atoms with Crippen molar-refractivity contribution in [2.24, 2.45) is 10.9 Å². The third-order valence-corrected chi connectivity index (χ3v) is 3.89. The van der Waals surface area contributed by atoms with Crippen molar-refractivity contribution >= 4 is 12.3 Å². The first-order chi connectivity index (χ1) is 12.5. The molecular formula is C17H20F2N4O3. The second-order valence-corrected chi connectivity index (χ2v) is 5.80. The summed E-state index contributed by atoms with van der Waals surface area (Å²) in [5, 5.41) is 11.9. The van der Waals surface area contributed by atoms with E-state index in [0.29, 0.717) is 19.5 Å². The van der Waals surface area contributed by atoms with Crippen LogP contribution in [-0.4, -0.2) is 21.2 Å². The number of phenolic OH excluding ortho intramolecular Hbond substituents is 1. The van der Waals surface area contributed by atoms with E-state index in [2.05, 4.69) is 10.2 Å². The van der Waals surface area contributed by atoms with E-state index in [1.54, 1.807) is 0 Å². The molecular weight excluding hydrogens is 346 g/mol. The summed E-state index contributed by atoms with van der Waals surface area (Å²) in [6, 6.07) is 1.80. The maximum Gasteiger partial charge on any atom is 0.275 e. The number of phenols is 1. The Kier molecular flexibility index (Phi) is 6.79. The second-order valence-electron chi connectivity index (χ2n) is 5.80. The number of hydrogen-bond acceptors (Lipinski definition) is 5. The van der Waals surface area contributed by atoms with Gasteiger partial charge >= 0.3 is 0 Å². The number of benzene rings is 1. The lowest BCUT2D eigenvalue weighted by Gasteiger charge is -2.01. The maximum absolute atomic E-state index is 13.4. The number of halogens is 2. The number of hydrogen-bond donors (Lipinski definition) is 3. The number of aromatic hydroxyl groups is 1. The van der Waals surface area contributed by atoms with E-state index in [1.807, 2.05) is 0 Å². The quantitative estimate of drug-likeness (QED) is 0.478. The monoisotopic (exact) mass is 366 g/mol. The average Bonchev–Trinajstić information content (AvgIpc) is 2.88. The fraction of sp³-hybridized carbons (Fsp3) is 0.353. The van der Waals surface area contributed by atoms with E-state index in [4.69, 9.17) is 10.8 Å². The predicted molar refractivity (Wildman–Crippen MR) is 93.7 cm³/mol. The van der Waals surface area contributed by atoms with Crippen LogP contribution in [0.5, 0.6) is 5.75 Å². The fourth-order valence-corrected chi connectivity index (χ4v) is 2.59. The van der Waals surface area contributed by atoms with Crippen LogP contribution in [0.2, 0.25) is 0 Å². The Morgan fingerprint density at radius 1 is 1.19 bits per heavy atom. The van der Waals surface area contributed by atoms with Gasteiger partial charge in [-0.15, -0.1) is 4.91 Å². The number of H-pyrrole nitrogens is 1. The summed E-state index contributed by atoms with van der Waals surface area (Å²) in [5.74, 6) is -3.35. The van der Waals surface area contributed by atoms with Crippen LogP contribution in [0.4, 0.5) is 8.78 Å². The summed E-state index contributed by atoms with van der Waals surface area (Å²) in [7, 11) is 0. The van der Waals surface area contributed by atoms with Crippen LogP contribution in [0.15, 0.2) is 22.1 Å². The molecule has 0 saturated heterocycles. The first kappa shape index (κ1) is 19.5. The summed E-state index contributed by atoms with van der Waals surface area (Å²) in [4.78, 5) is 25.8. The van der Waals surface area contributed by atoms with E-state index in [0.717, 1.165) is 37.6 Å². The lowest BCUT2D eigenvalue weighted by atomic mass is 10.2. The van der Waals surface area contributed by atoms with Crippen molar-refractivity contribution in [1.29, 1.82) is 0 Å². The molecule has 26 heavy (non-hydrogen) atoms. The first-order valence-electron chi connectivity index (χ1n) is 8.19. The van der Waals surface area contributed by atoms with E-state index < -0.39 is 22.9 Å². The van der Waals surface area contributed by atoms with Crippen LogP contribution < -0.4 is 22.1 Å². The fourth-order valence-electron chi connectivity index (χ4n) is 2.59. The van der Waals surface area contributed by atoms with Gasteiger partial charge in [-0.1, -0.05) is 12.8 Å². The molecule has 0 saturated carbocycles. The lowest BCUT2D eigenvalue weighted by molar-refractivity contribution is 0.396. The predicted octanol–water partition coefficient (Wildman–Crippen LogP) is 1.01. The zero-order valence-corrected chi connectivity index (χ0v) is 14.0. The summed E-state index contributed by atoms with van der Waals surface area (Å²) in [6.07, 6.45) is 5.62. The van der Waals surface area contributed by atoms with Crippen molar-refractivity contribution in [3.8, 4) is 5.75 Å². The molecule has 0 spiro atoms. The topological polar surface area (TPSA) is 113 Å². The second kappa shape index (κ2) is 9.04. The van der Waals surface area contributed by atoms with Crippen molar-refractivity contribution in [2.75, 3.05) is 6.54 Å². The molecule has 0 aliphatic heterocycles. The number of nitrogens with zero attached hydrogens (tertiary/aromatic N) is 2. The van der Waals surface area contributed by atoms with Crippen LogP contribution in [0.1, 0.15) is 31.2 Å². The number of unbranched alkanes of at least 4 members (excludes halogenated alkanes) is 3. The smallest absolute Gasteiger partial charge is 0.275 e. The largest absolute Gasteiger partial charge is 0.503 e. The van der Waals surface area contributed by atoms with Crippen LogP contribution in [0.25, 0.3) is 12.3 Å². The highest BCUT2D eigenvalue weighted by Crippen LogP contribution is 2.21. The van der Waals surface area contributed by atoms with Crippen molar-refractivity contribution in [2.45, 2.75) is 32.2 Å². The van der Waals surface area contributed by atoms with Crippen LogP contribution in [0, 0.1) is 16.5 Å². The van der Waals surface area contributed by atoms with Crippen molar-refractivity contribution in [1.82, 2.24) is 9.55 Å². The molecule has 7 nitrogen and oxygen atoms in total. The van der Waals surface area contributed by atoms with Gasteiger partial charge in [0.05, 0.1) is 0 Å². The van der Waals surface area contributed by atoms with Gasteiger partial charge in [0.1, 0.15) is 17.0 Å². The molecule has 2 rings (SSSR count). The van der Waals surface area contributed by atoms with Gasteiger partial charge in [0.2, 0.25) is 0 Å². The highest BCUT2D eigenvalue weighted by molar-refractivity contribution is 5.50. The zero-order chi connectivity index (χ0) is 19.1. The van der Waals surface area contributed by atoms with Crippen molar-refractivity contribution in [3.63, 3.8) is 0 Å². The highest BCUT2D eigenvalue weighted by atomic mass is 19.1. The van der Waals surface area contributed by atoms with Gasteiger partial charge in [-0.3, -0.25) is 9.36 Å². The van der Waals surface area contributed by atoms with E-state index in [9.17, 15) is 18.5 Å². The average molecular weight is 366 g/mol. The molecule has 1 aromatic carbocycles. The normalized spacial score (nSPS) is 12.7. The van der Waals surface area contributed by atoms with Crippen LogP contribution in [-0.2, 0) is 6.54 Å². The number of nitroso groups, excluding NO2 is 1. The van der Waals surface area contributed by atoms with Gasteiger partial charge in [0, 0.05) is 6.54 Å². The van der Waals surface area contributed by atoms with Gasteiger partial charge < -0.3 is 15.8 Å². The Labute approximate surface area is 147 Å². The number of imidazole rings is 1. The zero-order valence-electron chi connectivity index (χ0n) is 14.0. The highest BCUT2D eigenvalue weighted by Gasteiger charge is 2.09. The minimum atomic E-state index is -1.13. The molecule has 140 valence electrons. The molecule has 1 aromatic heterocycles. The van der Waals surface area contributed by atoms with Gasteiger partial charge in [-0.2, -0.15) is 0 Å². The number of aromatic amines is 1. The Morgan fingerprint density at radius 2 is 1.85 bits per heavy atom. The molecule has 0 fully saturated rings. The molecule has 0 aliphatic rings. The van der Waals surface area contributed by atoms with E-state index >= 15 is 0 Å². The van der Waals surface area contributed by atoms with Crippen LogP contribution >= 0.6 is 0 Å². The molecule has 2 aromatic rings. The van der Waals surface area contributed by atoms with E-state index in [-0.39, 0.29) is 16.4 Å². The van der Waals surface area contributed by atoms with Crippen molar-refractivity contribution < 1.29 is 13.9 Å². The van der Waals surface area contributed by atoms with Crippen molar-refractivity contribution in [3.05, 3.63) is 55.4 Å². The molecule has 0 amide bonds. The molecule has 0 atom stereocenters. The van der Waals surface area contributed by atoms with Gasteiger partial charge in [0.15, 0.2) is 17.4 Å². The number of aromatic nitrogens is 2. The maximum atomic E-state index is 13.4. The van der Waals surface area contributed by atoms with Gasteiger partial charge in [-0.05, 0) is 48.3 Å². The third-order valence-electron chi connectivity index (χ3n) is 3.89. The molecule has 0 bridgehead atoms. The molecule has 0 radical (unpaired) electrons. The molecule has 9 heteroatoms. The minimum absolute atomic E-state index is 0.0475. The SMILES string of the molecule is NCCCCCCn1c(=O)/c(=C/c2cc(F)c(O)c(F)c2)[nH]/c1=C/N=O. The molecule has 4 N–H and O–H groups in total. The molecule has 0 aliphatic carbocycles. The Hall–Kier alpha value is -2.81. The summed E-state index contributed by atoms with van der Waals surface area (Å²) < 4.78 is 28.2. The number of nitrogens with two attached hydrogens (primary N) is 1. The molecule has 0 unspecified atom stereocenters. The first-order valence-corrected chi connectivity index (χ1v) is 8.19. The molecule has 1 heterocycles. The summed E-state index contributed by atoms with van der Waals surface area (Å²) >= 11 is 0. The Balaban J connectivity index is 2.38. The summed E-state index contributed by atoms with van der Waals surface area (Å²) in [6.45, 7) is 0.977. The Bertz CT molecular complexity index is 927. The number of nitrogens with one attached hydrogen (secondary N) is 1. The third kappa shape index (κ3) is 4.63. The minimum Gasteiger partial charge on any atom is -0.503 e. The van der Waals surface area contributed by atoms with Gasteiger partial charge in [-0.25, -0.2) is 8.78 Å². The lowest BCUT2D eigenvalue weighted by Crippen LogP contribution is -2.31. The van der Waals surface area contributed by atoms with Crippen LogP contribution in [0.3, 0.4) is 0 Å². The van der Waals surface area contributed by atoms with E-state index in [1.165, 1.54) is 10.6 Å². The summed E-state index contributed by atoms with van der Waals surface area (Å²) in [5.41, 5.74) is 5.25. The number of rotatable bonds is 8.